The fraction of sp³-hybridized carbons (Fsp3) is 0.429. The SMILES string of the molecule is CCON=C(C(=O)N[C@H]1CN(C(=O)N(C)CC(=O)O)C1=O)c1csc(N)n1. The van der Waals surface area contributed by atoms with E-state index < -0.39 is 36.4 Å². The Labute approximate surface area is 157 Å². The van der Waals surface area contributed by atoms with Gasteiger partial charge in [0.15, 0.2) is 10.8 Å². The van der Waals surface area contributed by atoms with Gasteiger partial charge < -0.3 is 25.9 Å². The average Bonchev–Trinajstić information content (AvgIpc) is 3.03. The summed E-state index contributed by atoms with van der Waals surface area (Å²) >= 11 is 1.11. The van der Waals surface area contributed by atoms with Gasteiger partial charge in [-0.15, -0.1) is 11.3 Å². The molecule has 1 aromatic rings. The number of urea groups is 1. The quantitative estimate of drug-likeness (QED) is 0.296. The Morgan fingerprint density at radius 1 is 1.56 bits per heavy atom. The zero-order valence-corrected chi connectivity index (χ0v) is 15.4. The van der Waals surface area contributed by atoms with Crippen LogP contribution in [0.1, 0.15) is 12.6 Å². The summed E-state index contributed by atoms with van der Waals surface area (Å²) in [5.74, 6) is -2.57. The number of anilines is 1. The van der Waals surface area contributed by atoms with E-state index in [0.29, 0.717) is 0 Å². The van der Waals surface area contributed by atoms with Gasteiger partial charge in [0.1, 0.15) is 24.9 Å². The molecular weight excluding hydrogens is 380 g/mol. The number of likely N-dealkylation sites (tertiary alicyclic amines) is 1. The maximum absolute atomic E-state index is 12.4. The molecular formula is C14H18N6O6S. The van der Waals surface area contributed by atoms with Crippen LogP contribution < -0.4 is 11.1 Å². The van der Waals surface area contributed by atoms with Gasteiger partial charge >= 0.3 is 12.0 Å². The molecule has 12 nitrogen and oxygen atoms in total. The third-order valence-corrected chi connectivity index (χ3v) is 4.10. The summed E-state index contributed by atoms with van der Waals surface area (Å²) in [5.41, 5.74) is 5.61. The van der Waals surface area contributed by atoms with E-state index in [0.717, 1.165) is 21.1 Å². The Bertz CT molecular complexity index is 793. The van der Waals surface area contributed by atoms with E-state index in [1.54, 1.807) is 6.92 Å². The normalized spacial score (nSPS) is 16.5. The molecule has 1 aliphatic rings. The van der Waals surface area contributed by atoms with Crippen LogP contribution in [0.2, 0.25) is 0 Å². The van der Waals surface area contributed by atoms with Gasteiger partial charge in [-0.3, -0.25) is 19.3 Å². The summed E-state index contributed by atoms with van der Waals surface area (Å²) in [6.45, 7) is 1.27. The number of carbonyl (C=O) groups is 4. The number of nitrogens with zero attached hydrogens (tertiary/aromatic N) is 4. The van der Waals surface area contributed by atoms with Crippen molar-refractivity contribution in [3.8, 4) is 0 Å². The van der Waals surface area contributed by atoms with Crippen molar-refractivity contribution >= 4 is 46.0 Å². The first kappa shape index (κ1) is 20.1. The molecule has 1 aromatic heterocycles. The maximum Gasteiger partial charge on any atom is 0.327 e. The number of rotatable bonds is 7. The lowest BCUT2D eigenvalue weighted by Gasteiger charge is -2.38. The fourth-order valence-corrected chi connectivity index (χ4v) is 2.69. The highest BCUT2D eigenvalue weighted by atomic mass is 32.1. The number of β-lactam (4-membered cyclic amide) rings is 1. The lowest BCUT2D eigenvalue weighted by atomic mass is 10.1. The molecule has 1 atom stereocenters. The number of nitrogens with two attached hydrogens (primary N) is 1. The summed E-state index contributed by atoms with van der Waals surface area (Å²) in [6, 6.07) is -1.70. The van der Waals surface area contributed by atoms with E-state index in [9.17, 15) is 19.2 Å². The number of imide groups is 1. The number of nitrogens with one attached hydrogen (secondary N) is 1. The van der Waals surface area contributed by atoms with Crippen molar-refractivity contribution in [2.45, 2.75) is 13.0 Å². The minimum atomic E-state index is -1.21. The molecule has 4 N–H and O–H groups in total. The summed E-state index contributed by atoms with van der Waals surface area (Å²) in [5, 5.41) is 16.6. The van der Waals surface area contributed by atoms with Crippen molar-refractivity contribution in [1.29, 1.82) is 0 Å². The van der Waals surface area contributed by atoms with Gasteiger partial charge in [-0.2, -0.15) is 0 Å². The van der Waals surface area contributed by atoms with E-state index in [1.165, 1.54) is 12.4 Å². The van der Waals surface area contributed by atoms with Crippen molar-refractivity contribution < 1.29 is 29.1 Å². The molecule has 0 unspecified atom stereocenters. The summed E-state index contributed by atoms with van der Waals surface area (Å²) < 4.78 is 0. The van der Waals surface area contributed by atoms with Crippen LogP contribution in [0.5, 0.6) is 0 Å². The zero-order chi connectivity index (χ0) is 20.1. The van der Waals surface area contributed by atoms with Gasteiger partial charge in [-0.25, -0.2) is 9.78 Å². The third kappa shape index (κ3) is 4.69. The standard InChI is InChI=1S/C14H18N6O6S/c1-3-26-18-10(8-6-27-13(15)17-8)11(23)16-7-4-20(12(7)24)14(25)19(2)5-9(21)22/h6-7H,3-5H2,1-2H3,(H2,15,17)(H,16,23)(H,21,22)/t7-/m0/s1. The van der Waals surface area contributed by atoms with Crippen molar-refractivity contribution in [2.75, 3.05) is 32.5 Å². The molecule has 2 rings (SSSR count). The second-order valence-corrected chi connectivity index (χ2v) is 6.33. The Morgan fingerprint density at radius 2 is 2.26 bits per heavy atom. The van der Waals surface area contributed by atoms with Crippen LogP contribution in [0, 0.1) is 0 Å². The molecule has 1 aliphatic heterocycles. The summed E-state index contributed by atoms with van der Waals surface area (Å²) in [4.78, 5) is 57.8. The molecule has 2 heterocycles. The van der Waals surface area contributed by atoms with E-state index in [2.05, 4.69) is 15.5 Å². The maximum atomic E-state index is 12.4. The van der Waals surface area contributed by atoms with Crippen molar-refractivity contribution in [3.05, 3.63) is 11.1 Å². The first-order chi connectivity index (χ1) is 12.7. The Kier molecular flexibility index (Phi) is 6.28. The molecule has 146 valence electrons. The van der Waals surface area contributed by atoms with Crippen LogP contribution in [-0.4, -0.2) is 82.2 Å². The van der Waals surface area contributed by atoms with Gasteiger partial charge in [0.25, 0.3) is 11.8 Å². The highest BCUT2D eigenvalue weighted by Gasteiger charge is 2.43. The molecule has 0 bridgehead atoms. The number of oxime groups is 1. The summed E-state index contributed by atoms with van der Waals surface area (Å²) in [7, 11) is 1.26. The van der Waals surface area contributed by atoms with Crippen LogP contribution >= 0.6 is 11.3 Å². The van der Waals surface area contributed by atoms with Crippen LogP contribution in [0.25, 0.3) is 0 Å². The van der Waals surface area contributed by atoms with Crippen LogP contribution in [-0.2, 0) is 19.2 Å². The molecule has 0 spiro atoms. The molecule has 0 radical (unpaired) electrons. The lowest BCUT2D eigenvalue weighted by molar-refractivity contribution is -0.143. The molecule has 0 aromatic carbocycles. The fourth-order valence-electron chi connectivity index (χ4n) is 2.14. The highest BCUT2D eigenvalue weighted by Crippen LogP contribution is 2.15. The van der Waals surface area contributed by atoms with E-state index >= 15 is 0 Å². The van der Waals surface area contributed by atoms with E-state index in [1.807, 2.05) is 0 Å². The van der Waals surface area contributed by atoms with Gasteiger partial charge in [0, 0.05) is 12.4 Å². The predicted molar refractivity (Wildman–Crippen MR) is 94.0 cm³/mol. The second kappa shape index (κ2) is 8.44. The molecule has 4 amide bonds. The number of likely N-dealkylation sites (N-methyl/N-ethyl adjacent to an activating group) is 1. The molecule has 27 heavy (non-hydrogen) atoms. The molecule has 0 aliphatic carbocycles. The number of nitrogen functional groups attached to an aromatic ring is 1. The van der Waals surface area contributed by atoms with Gasteiger partial charge in [0.05, 0.1) is 6.54 Å². The number of hydrogen-bond donors (Lipinski definition) is 3. The van der Waals surface area contributed by atoms with Gasteiger partial charge in [-0.1, -0.05) is 5.16 Å². The van der Waals surface area contributed by atoms with Crippen molar-refractivity contribution in [2.24, 2.45) is 5.16 Å². The van der Waals surface area contributed by atoms with Crippen molar-refractivity contribution in [1.82, 2.24) is 20.1 Å². The number of carboxylic acids is 1. The van der Waals surface area contributed by atoms with E-state index in [4.69, 9.17) is 15.7 Å². The second-order valence-electron chi connectivity index (χ2n) is 5.44. The van der Waals surface area contributed by atoms with Crippen LogP contribution in [0.4, 0.5) is 9.93 Å². The smallest absolute Gasteiger partial charge is 0.327 e. The minimum Gasteiger partial charge on any atom is -0.480 e. The first-order valence-corrected chi connectivity index (χ1v) is 8.63. The van der Waals surface area contributed by atoms with E-state index in [-0.39, 0.29) is 29.7 Å². The van der Waals surface area contributed by atoms with Gasteiger partial charge in [0.2, 0.25) is 0 Å². The third-order valence-electron chi connectivity index (χ3n) is 3.43. The van der Waals surface area contributed by atoms with Crippen LogP contribution in [0.15, 0.2) is 10.5 Å². The number of aliphatic carboxylic acids is 1. The number of carbonyl (C=O) groups excluding carboxylic acids is 3. The Hall–Kier alpha value is -3.22. The molecule has 0 saturated carbocycles. The number of hydrogen-bond acceptors (Lipinski definition) is 9. The molecule has 13 heteroatoms. The Morgan fingerprint density at radius 3 is 2.78 bits per heavy atom. The highest BCUT2D eigenvalue weighted by molar-refractivity contribution is 7.13. The zero-order valence-electron chi connectivity index (χ0n) is 14.5. The number of thiazole rings is 1. The van der Waals surface area contributed by atoms with Crippen molar-refractivity contribution in [3.63, 3.8) is 0 Å². The minimum absolute atomic E-state index is 0.0888. The number of carboxylic acid groups (broad SMARTS) is 1. The Balaban J connectivity index is 2.00. The summed E-state index contributed by atoms with van der Waals surface area (Å²) in [6.07, 6.45) is 0. The largest absolute Gasteiger partial charge is 0.480 e. The molecule has 1 fully saturated rings. The predicted octanol–water partition coefficient (Wildman–Crippen LogP) is -1.07. The monoisotopic (exact) mass is 398 g/mol. The first-order valence-electron chi connectivity index (χ1n) is 7.75. The topological polar surface area (TPSA) is 168 Å². The van der Waals surface area contributed by atoms with Crippen LogP contribution in [0.3, 0.4) is 0 Å². The molecule has 1 saturated heterocycles. The lowest BCUT2D eigenvalue weighted by Crippen LogP contribution is -2.67. The van der Waals surface area contributed by atoms with Gasteiger partial charge in [-0.05, 0) is 6.92 Å². The average molecular weight is 398 g/mol. The number of amides is 4. The number of aromatic nitrogens is 1.